The van der Waals surface area contributed by atoms with Gasteiger partial charge in [0, 0.05) is 55.7 Å². The lowest BCUT2D eigenvalue weighted by Crippen LogP contribution is -2.51. The van der Waals surface area contributed by atoms with E-state index in [2.05, 4.69) is 78.7 Å². The van der Waals surface area contributed by atoms with E-state index in [0.29, 0.717) is 17.3 Å². The molecule has 44 heavy (non-hydrogen) atoms. The number of imidazole rings is 1. The SMILES string of the molecule is C[C@@H]1CN(Cc2ccc(-n3c(-c4cccnc4N)nc4ccc(-c5ccccc5)nc43)cc2)CCN1c1cc(C#N)ncn1. The van der Waals surface area contributed by atoms with Crippen LogP contribution in [0.4, 0.5) is 11.6 Å². The number of aromatic nitrogens is 6. The van der Waals surface area contributed by atoms with E-state index in [1.165, 1.54) is 11.9 Å². The van der Waals surface area contributed by atoms with Crippen LogP contribution in [-0.2, 0) is 6.54 Å². The zero-order valence-electron chi connectivity index (χ0n) is 24.2. The maximum absolute atomic E-state index is 9.23. The Morgan fingerprint density at radius 3 is 2.52 bits per heavy atom. The molecule has 0 saturated carbocycles. The molecule has 1 fully saturated rings. The predicted octanol–water partition coefficient (Wildman–Crippen LogP) is 5.10. The lowest BCUT2D eigenvalue weighted by atomic mass is 10.1. The van der Waals surface area contributed by atoms with Gasteiger partial charge in [-0.15, -0.1) is 0 Å². The Morgan fingerprint density at radius 1 is 0.909 bits per heavy atom. The van der Waals surface area contributed by atoms with Crippen molar-refractivity contribution in [2.45, 2.75) is 19.5 Å². The fourth-order valence-corrected chi connectivity index (χ4v) is 5.85. The number of rotatable bonds is 6. The summed E-state index contributed by atoms with van der Waals surface area (Å²) in [7, 11) is 0. The molecule has 216 valence electrons. The van der Waals surface area contributed by atoms with Crippen LogP contribution in [0.1, 0.15) is 18.2 Å². The second kappa shape index (κ2) is 11.6. The normalized spacial score (nSPS) is 15.4. The zero-order chi connectivity index (χ0) is 30.0. The largest absolute Gasteiger partial charge is 0.383 e. The number of nitriles is 1. The summed E-state index contributed by atoms with van der Waals surface area (Å²) in [5.41, 5.74) is 13.1. The fraction of sp³-hybridized carbons (Fsp3) is 0.176. The summed E-state index contributed by atoms with van der Waals surface area (Å²) in [5.74, 6) is 1.92. The fourth-order valence-electron chi connectivity index (χ4n) is 5.85. The van der Waals surface area contributed by atoms with Crippen LogP contribution in [0.15, 0.2) is 97.5 Å². The van der Waals surface area contributed by atoms with Crippen LogP contribution in [-0.4, -0.2) is 60.1 Å². The zero-order valence-corrected chi connectivity index (χ0v) is 24.2. The van der Waals surface area contributed by atoms with Gasteiger partial charge in [-0.05, 0) is 48.9 Å². The van der Waals surface area contributed by atoms with E-state index in [1.54, 1.807) is 12.3 Å². The van der Waals surface area contributed by atoms with Gasteiger partial charge in [-0.25, -0.2) is 24.9 Å². The molecule has 0 bridgehead atoms. The first kappa shape index (κ1) is 27.2. The number of benzene rings is 2. The number of nitrogen functional groups attached to an aromatic ring is 1. The third-order valence-corrected chi connectivity index (χ3v) is 8.03. The van der Waals surface area contributed by atoms with Gasteiger partial charge in [0.2, 0.25) is 0 Å². The van der Waals surface area contributed by atoms with E-state index < -0.39 is 0 Å². The van der Waals surface area contributed by atoms with Crippen LogP contribution in [0, 0.1) is 11.3 Å². The standard InChI is InChI=1S/C34H30N10/c1-23-20-42(16-17-43(23)31-18-26(19-35)38-22-39-31)21-24-9-11-27(12-10-24)44-33(28-8-5-15-37-32(28)36)41-30-14-13-29(40-34(30)44)25-6-3-2-4-7-25/h2-15,18,22-23H,16-17,20-21H2,1H3,(H2,36,37)/t23-/m1/s1. The maximum atomic E-state index is 9.23. The Balaban J connectivity index is 1.18. The lowest BCUT2D eigenvalue weighted by Gasteiger charge is -2.40. The molecule has 0 unspecified atom stereocenters. The first-order valence-electron chi connectivity index (χ1n) is 14.5. The van der Waals surface area contributed by atoms with E-state index in [9.17, 15) is 5.26 Å². The van der Waals surface area contributed by atoms with E-state index >= 15 is 0 Å². The number of hydrogen-bond donors (Lipinski definition) is 1. The van der Waals surface area contributed by atoms with Crippen molar-refractivity contribution in [3.8, 4) is 34.4 Å². The Hall–Kier alpha value is -5.66. The van der Waals surface area contributed by atoms with Crippen molar-refractivity contribution in [2.75, 3.05) is 30.3 Å². The van der Waals surface area contributed by atoms with Gasteiger partial charge in [0.1, 0.15) is 35.2 Å². The van der Waals surface area contributed by atoms with Gasteiger partial charge in [-0.1, -0.05) is 42.5 Å². The highest BCUT2D eigenvalue weighted by atomic mass is 15.3. The summed E-state index contributed by atoms with van der Waals surface area (Å²) in [6.07, 6.45) is 3.15. The molecule has 10 nitrogen and oxygen atoms in total. The third-order valence-electron chi connectivity index (χ3n) is 8.03. The van der Waals surface area contributed by atoms with Crippen molar-refractivity contribution in [2.24, 2.45) is 0 Å². The molecule has 2 aromatic carbocycles. The highest BCUT2D eigenvalue weighted by Gasteiger charge is 2.25. The van der Waals surface area contributed by atoms with Crippen LogP contribution in [0.25, 0.3) is 39.5 Å². The molecule has 0 radical (unpaired) electrons. The minimum Gasteiger partial charge on any atom is -0.383 e. The second-order valence-electron chi connectivity index (χ2n) is 10.9. The van der Waals surface area contributed by atoms with Crippen molar-refractivity contribution < 1.29 is 0 Å². The van der Waals surface area contributed by atoms with E-state index in [4.69, 9.17) is 15.7 Å². The van der Waals surface area contributed by atoms with E-state index in [0.717, 1.165) is 65.7 Å². The van der Waals surface area contributed by atoms with E-state index in [1.807, 2.05) is 42.5 Å². The molecule has 5 heterocycles. The van der Waals surface area contributed by atoms with Crippen LogP contribution < -0.4 is 10.6 Å². The Morgan fingerprint density at radius 2 is 1.75 bits per heavy atom. The molecule has 0 amide bonds. The average molecular weight is 579 g/mol. The molecule has 10 heteroatoms. The molecule has 1 aliphatic rings. The number of piperazine rings is 1. The van der Waals surface area contributed by atoms with Crippen molar-refractivity contribution in [1.82, 2.24) is 34.4 Å². The molecule has 1 aliphatic heterocycles. The average Bonchev–Trinajstić information content (AvgIpc) is 3.44. The highest BCUT2D eigenvalue weighted by molar-refractivity contribution is 5.84. The van der Waals surface area contributed by atoms with Crippen LogP contribution in [0.2, 0.25) is 0 Å². The Bertz CT molecular complexity index is 1980. The quantitative estimate of drug-likeness (QED) is 0.287. The molecule has 0 spiro atoms. The molecular weight excluding hydrogens is 548 g/mol. The summed E-state index contributed by atoms with van der Waals surface area (Å²) in [4.78, 5) is 27.5. The van der Waals surface area contributed by atoms with Crippen molar-refractivity contribution >= 4 is 22.8 Å². The summed E-state index contributed by atoms with van der Waals surface area (Å²) in [5, 5.41) is 9.23. The van der Waals surface area contributed by atoms with Gasteiger partial charge in [0.05, 0.1) is 11.3 Å². The first-order valence-corrected chi connectivity index (χ1v) is 14.5. The Kier molecular flexibility index (Phi) is 7.14. The van der Waals surface area contributed by atoms with Gasteiger partial charge < -0.3 is 10.6 Å². The second-order valence-corrected chi connectivity index (χ2v) is 10.9. The topological polar surface area (TPSA) is 126 Å². The van der Waals surface area contributed by atoms with Crippen molar-refractivity contribution in [3.63, 3.8) is 0 Å². The molecule has 7 rings (SSSR count). The number of anilines is 2. The number of pyridine rings is 2. The molecule has 1 atom stereocenters. The number of fused-ring (bicyclic) bond motifs is 1. The monoisotopic (exact) mass is 578 g/mol. The van der Waals surface area contributed by atoms with Gasteiger partial charge >= 0.3 is 0 Å². The van der Waals surface area contributed by atoms with Gasteiger partial charge in [0.25, 0.3) is 0 Å². The molecule has 6 aromatic rings. The Labute approximate surface area is 255 Å². The smallest absolute Gasteiger partial charge is 0.165 e. The summed E-state index contributed by atoms with van der Waals surface area (Å²) < 4.78 is 2.07. The van der Waals surface area contributed by atoms with Gasteiger partial charge in [-0.3, -0.25) is 9.47 Å². The highest BCUT2D eigenvalue weighted by Crippen LogP contribution is 2.32. The predicted molar refractivity (Wildman–Crippen MR) is 171 cm³/mol. The minimum atomic E-state index is 0.249. The summed E-state index contributed by atoms with van der Waals surface area (Å²) in [6, 6.07) is 30.6. The summed E-state index contributed by atoms with van der Waals surface area (Å²) in [6.45, 7) is 5.62. The number of hydrogen-bond acceptors (Lipinski definition) is 9. The summed E-state index contributed by atoms with van der Waals surface area (Å²) >= 11 is 0. The molecule has 0 aliphatic carbocycles. The van der Waals surface area contributed by atoms with Gasteiger partial charge in [0.15, 0.2) is 11.5 Å². The lowest BCUT2D eigenvalue weighted by molar-refractivity contribution is 0.220. The molecule has 1 saturated heterocycles. The minimum absolute atomic E-state index is 0.249. The molecular formula is C34H30N10. The van der Waals surface area contributed by atoms with Crippen molar-refractivity contribution in [1.29, 1.82) is 5.26 Å². The number of nitrogens with two attached hydrogens (primary N) is 1. The van der Waals surface area contributed by atoms with Crippen molar-refractivity contribution in [3.05, 3.63) is 109 Å². The third kappa shape index (κ3) is 5.21. The number of nitrogens with zero attached hydrogens (tertiary/aromatic N) is 9. The van der Waals surface area contributed by atoms with Gasteiger partial charge in [-0.2, -0.15) is 5.26 Å². The van der Waals surface area contributed by atoms with E-state index in [-0.39, 0.29) is 6.04 Å². The first-order chi connectivity index (χ1) is 21.6. The maximum Gasteiger partial charge on any atom is 0.165 e. The van der Waals surface area contributed by atoms with Crippen LogP contribution >= 0.6 is 0 Å². The molecule has 2 N–H and O–H groups in total. The molecule has 4 aromatic heterocycles. The van der Waals surface area contributed by atoms with Crippen LogP contribution in [0.5, 0.6) is 0 Å². The van der Waals surface area contributed by atoms with Crippen LogP contribution in [0.3, 0.4) is 0 Å².